The van der Waals surface area contributed by atoms with Crippen molar-refractivity contribution < 1.29 is 15.0 Å². The van der Waals surface area contributed by atoms with E-state index in [1.165, 1.54) is 0 Å². The van der Waals surface area contributed by atoms with Crippen LogP contribution in [0.4, 0.5) is 4.79 Å². The van der Waals surface area contributed by atoms with Crippen molar-refractivity contribution in [3.05, 3.63) is 0 Å². The van der Waals surface area contributed by atoms with Gasteiger partial charge in [0.15, 0.2) is 0 Å². The molecule has 0 atom stereocenters. The van der Waals surface area contributed by atoms with E-state index < -0.39 is 0 Å². The van der Waals surface area contributed by atoms with Crippen molar-refractivity contribution in [1.29, 1.82) is 0 Å². The molecular weight excluding hydrogens is 181 g/mol. The van der Waals surface area contributed by atoms with Crippen LogP contribution in [-0.4, -0.2) is 24.7 Å². The number of cyclic esters (lactones) is 1. The maximum Gasteiger partial charge on any atom is 0.407 e. The maximum atomic E-state index is 10.1. The van der Waals surface area contributed by atoms with Crippen LogP contribution in [0.5, 0.6) is 0 Å². The Morgan fingerprint density at radius 1 is 1.40 bits per heavy atom. The fourth-order valence-corrected chi connectivity index (χ4v) is 0.479. The van der Waals surface area contributed by atoms with Gasteiger partial charge >= 0.3 is 6.09 Å². The molecule has 1 heterocycles. The molecule has 0 aromatic carbocycles. The lowest BCUT2D eigenvalue weighted by Gasteiger charge is -2.10. The Labute approximate surface area is 71.4 Å². The molecule has 0 aromatic rings. The summed E-state index contributed by atoms with van der Waals surface area (Å²) in [5, 5.41) is 2.52. The summed E-state index contributed by atoms with van der Waals surface area (Å²) in [4.78, 5) is 10.1. The SMILES string of the molecule is Cl.Cl.O.O=C1NCCCO1. The zero-order chi connectivity index (χ0) is 5.11. The Morgan fingerprint density at radius 2 is 2.00 bits per heavy atom. The zero-order valence-corrected chi connectivity index (χ0v) is 6.89. The summed E-state index contributed by atoms with van der Waals surface area (Å²) in [5.74, 6) is 0. The Hall–Kier alpha value is -0.190. The molecular formula is C4H11Cl2NO3. The van der Waals surface area contributed by atoms with Crippen molar-refractivity contribution in [2.75, 3.05) is 13.2 Å². The smallest absolute Gasteiger partial charge is 0.407 e. The molecule has 6 heteroatoms. The molecule has 10 heavy (non-hydrogen) atoms. The van der Waals surface area contributed by atoms with E-state index in [9.17, 15) is 4.79 Å². The van der Waals surface area contributed by atoms with Crippen LogP contribution in [0, 0.1) is 0 Å². The lowest BCUT2D eigenvalue weighted by Crippen LogP contribution is -2.31. The fraction of sp³-hybridized carbons (Fsp3) is 0.750. The monoisotopic (exact) mass is 191 g/mol. The van der Waals surface area contributed by atoms with Crippen molar-refractivity contribution in [1.82, 2.24) is 5.32 Å². The van der Waals surface area contributed by atoms with Gasteiger partial charge in [0.05, 0.1) is 6.61 Å². The summed E-state index contributed by atoms with van der Waals surface area (Å²) in [6, 6.07) is 0. The molecule has 1 aliphatic heterocycles. The highest BCUT2D eigenvalue weighted by atomic mass is 35.5. The molecule has 1 rings (SSSR count). The van der Waals surface area contributed by atoms with Crippen molar-refractivity contribution in [2.24, 2.45) is 0 Å². The van der Waals surface area contributed by atoms with Crippen LogP contribution < -0.4 is 5.32 Å². The van der Waals surface area contributed by atoms with Gasteiger partial charge < -0.3 is 15.5 Å². The van der Waals surface area contributed by atoms with Crippen LogP contribution in [0.25, 0.3) is 0 Å². The Kier molecular flexibility index (Phi) is 14.5. The summed E-state index contributed by atoms with van der Waals surface area (Å²) in [6.45, 7) is 1.34. The van der Waals surface area contributed by atoms with Gasteiger partial charge in [-0.25, -0.2) is 4.79 Å². The zero-order valence-electron chi connectivity index (χ0n) is 5.25. The minimum Gasteiger partial charge on any atom is -0.449 e. The van der Waals surface area contributed by atoms with Crippen molar-refractivity contribution in [3.63, 3.8) is 0 Å². The van der Waals surface area contributed by atoms with Crippen LogP contribution in [-0.2, 0) is 4.74 Å². The van der Waals surface area contributed by atoms with E-state index in [1.807, 2.05) is 0 Å². The molecule has 0 saturated carbocycles. The van der Waals surface area contributed by atoms with Gasteiger partial charge in [-0.1, -0.05) is 0 Å². The summed E-state index contributed by atoms with van der Waals surface area (Å²) in [5.41, 5.74) is 0. The maximum absolute atomic E-state index is 10.1. The standard InChI is InChI=1S/C4H7NO2.2ClH.H2O/c6-4-5-2-1-3-7-4;;;/h1-3H2,(H,5,6);2*1H;1H2. The second-order valence-electron chi connectivity index (χ2n) is 1.42. The predicted octanol–water partition coefficient (Wildman–Crippen LogP) is 0.135. The molecule has 1 saturated heterocycles. The Bertz CT molecular complexity index is 82.6. The van der Waals surface area contributed by atoms with Gasteiger partial charge in [0, 0.05) is 6.54 Å². The van der Waals surface area contributed by atoms with E-state index in [-0.39, 0.29) is 36.4 Å². The first-order valence-corrected chi connectivity index (χ1v) is 2.30. The summed E-state index contributed by atoms with van der Waals surface area (Å²) < 4.78 is 4.53. The second kappa shape index (κ2) is 8.81. The lowest BCUT2D eigenvalue weighted by atomic mass is 10.4. The quantitative estimate of drug-likeness (QED) is 0.592. The van der Waals surface area contributed by atoms with Crippen molar-refractivity contribution in [2.45, 2.75) is 6.42 Å². The minimum atomic E-state index is -0.286. The van der Waals surface area contributed by atoms with E-state index in [4.69, 9.17) is 0 Å². The van der Waals surface area contributed by atoms with E-state index in [1.54, 1.807) is 0 Å². The number of carbonyl (C=O) groups excluding carboxylic acids is 1. The Morgan fingerprint density at radius 3 is 2.20 bits per heavy atom. The first-order chi connectivity index (χ1) is 3.39. The fourth-order valence-electron chi connectivity index (χ4n) is 0.479. The van der Waals surface area contributed by atoms with E-state index in [2.05, 4.69) is 10.1 Å². The molecule has 1 amide bonds. The van der Waals surface area contributed by atoms with Crippen LogP contribution >= 0.6 is 24.8 Å². The molecule has 0 bridgehead atoms. The van der Waals surface area contributed by atoms with Gasteiger partial charge in [0.2, 0.25) is 0 Å². The molecule has 1 fully saturated rings. The number of ether oxygens (including phenoxy) is 1. The number of hydrogen-bond acceptors (Lipinski definition) is 2. The molecule has 0 unspecified atom stereocenters. The van der Waals surface area contributed by atoms with Crippen molar-refractivity contribution >= 4 is 30.9 Å². The number of amides is 1. The second-order valence-corrected chi connectivity index (χ2v) is 1.42. The van der Waals surface area contributed by atoms with Crippen LogP contribution in [0.15, 0.2) is 0 Å². The molecule has 4 nitrogen and oxygen atoms in total. The van der Waals surface area contributed by atoms with E-state index in [0.29, 0.717) is 6.61 Å². The predicted molar refractivity (Wildman–Crippen MR) is 42.1 cm³/mol. The summed E-state index contributed by atoms with van der Waals surface area (Å²) in [7, 11) is 0. The lowest BCUT2D eigenvalue weighted by molar-refractivity contribution is 0.129. The topological polar surface area (TPSA) is 69.8 Å². The number of hydrogen-bond donors (Lipinski definition) is 1. The first-order valence-electron chi connectivity index (χ1n) is 2.30. The van der Waals surface area contributed by atoms with E-state index in [0.717, 1.165) is 13.0 Å². The van der Waals surface area contributed by atoms with Gasteiger partial charge in [-0.3, -0.25) is 0 Å². The van der Waals surface area contributed by atoms with Gasteiger partial charge in [0.25, 0.3) is 0 Å². The third-order valence-electron chi connectivity index (χ3n) is 0.824. The van der Waals surface area contributed by atoms with Gasteiger partial charge in [0.1, 0.15) is 0 Å². The molecule has 0 aliphatic carbocycles. The number of nitrogens with one attached hydrogen (secondary N) is 1. The Balaban J connectivity index is -0.000000163. The highest BCUT2D eigenvalue weighted by Crippen LogP contribution is 1.88. The van der Waals surface area contributed by atoms with Crippen LogP contribution in [0.3, 0.4) is 0 Å². The molecule has 3 N–H and O–H groups in total. The molecule has 1 aliphatic rings. The average molecular weight is 192 g/mol. The number of alkyl carbamates (subject to hydrolysis) is 1. The molecule has 0 radical (unpaired) electrons. The van der Waals surface area contributed by atoms with Crippen LogP contribution in [0.2, 0.25) is 0 Å². The first kappa shape index (κ1) is 16.4. The van der Waals surface area contributed by atoms with Crippen molar-refractivity contribution in [3.8, 4) is 0 Å². The molecule has 0 spiro atoms. The number of halogens is 2. The summed E-state index contributed by atoms with van der Waals surface area (Å²) >= 11 is 0. The van der Waals surface area contributed by atoms with Gasteiger partial charge in [-0.15, -0.1) is 24.8 Å². The van der Waals surface area contributed by atoms with Gasteiger partial charge in [-0.05, 0) is 6.42 Å². The third kappa shape index (κ3) is 5.94. The highest BCUT2D eigenvalue weighted by molar-refractivity contribution is 5.85. The third-order valence-corrected chi connectivity index (χ3v) is 0.824. The summed E-state index contributed by atoms with van der Waals surface area (Å²) in [6.07, 6.45) is 0.650. The van der Waals surface area contributed by atoms with Gasteiger partial charge in [-0.2, -0.15) is 0 Å². The molecule has 0 aromatic heterocycles. The average Bonchev–Trinajstić information content (AvgIpc) is 1.69. The largest absolute Gasteiger partial charge is 0.449 e. The number of rotatable bonds is 0. The normalized spacial score (nSPS) is 14.2. The van der Waals surface area contributed by atoms with Crippen LogP contribution in [0.1, 0.15) is 6.42 Å². The van der Waals surface area contributed by atoms with E-state index >= 15 is 0 Å². The minimum absolute atomic E-state index is 0. The molecule has 64 valence electrons. The number of carbonyl (C=O) groups is 1. The highest BCUT2D eigenvalue weighted by Gasteiger charge is 2.04.